The Balaban J connectivity index is 1.28. The van der Waals surface area contributed by atoms with Crippen LogP contribution in [0.4, 0.5) is 4.39 Å². The van der Waals surface area contributed by atoms with E-state index in [1.165, 1.54) is 6.07 Å². The first-order valence-electron chi connectivity index (χ1n) is 9.37. The summed E-state index contributed by atoms with van der Waals surface area (Å²) < 4.78 is 30.8. The van der Waals surface area contributed by atoms with E-state index in [4.69, 9.17) is 13.9 Å². The fourth-order valence-corrected chi connectivity index (χ4v) is 4.23. The van der Waals surface area contributed by atoms with Crippen molar-refractivity contribution in [3.05, 3.63) is 48.3 Å². The van der Waals surface area contributed by atoms with E-state index < -0.39 is 5.82 Å². The normalized spacial score (nSPS) is 22.7. The van der Waals surface area contributed by atoms with Gasteiger partial charge in [-0.1, -0.05) is 0 Å². The molecule has 0 aliphatic carbocycles. The van der Waals surface area contributed by atoms with Gasteiger partial charge in [0.1, 0.15) is 5.76 Å². The first kappa shape index (κ1) is 17.5. The molecule has 2 aliphatic rings. The second-order valence-electron chi connectivity index (χ2n) is 7.18. The Bertz CT molecular complexity index is 699. The topological polar surface area (TPSA) is 47.7 Å². The zero-order valence-electron chi connectivity index (χ0n) is 14.9. The van der Waals surface area contributed by atoms with Crippen molar-refractivity contribution in [2.24, 2.45) is 5.92 Å². The van der Waals surface area contributed by atoms with Crippen molar-refractivity contribution < 1.29 is 18.3 Å². The smallest absolute Gasteiger partial charge is 0.250 e. The number of hydrogen-bond acceptors (Lipinski definition) is 5. The summed E-state index contributed by atoms with van der Waals surface area (Å²) in [5.74, 6) is 1.15. The predicted molar refractivity (Wildman–Crippen MR) is 94.3 cm³/mol. The minimum absolute atomic E-state index is 0.0499. The highest BCUT2D eigenvalue weighted by atomic mass is 19.1. The van der Waals surface area contributed by atoms with Gasteiger partial charge < -0.3 is 13.9 Å². The van der Waals surface area contributed by atoms with Gasteiger partial charge in [-0.25, -0.2) is 9.37 Å². The van der Waals surface area contributed by atoms with Crippen molar-refractivity contribution in [2.75, 3.05) is 26.3 Å². The molecule has 5 nitrogen and oxygen atoms in total. The summed E-state index contributed by atoms with van der Waals surface area (Å²) in [7, 11) is 0. The number of ether oxygens (including phenoxy) is 2. The number of pyridine rings is 1. The van der Waals surface area contributed by atoms with Gasteiger partial charge >= 0.3 is 0 Å². The molecule has 0 radical (unpaired) electrons. The maximum absolute atomic E-state index is 13.6. The molecule has 2 fully saturated rings. The molecule has 4 heterocycles. The van der Waals surface area contributed by atoms with Gasteiger partial charge in [0.15, 0.2) is 5.82 Å². The fraction of sp³-hybridized carbons (Fsp3) is 0.550. The fourth-order valence-electron chi connectivity index (χ4n) is 4.23. The van der Waals surface area contributed by atoms with Gasteiger partial charge in [0.2, 0.25) is 5.88 Å². The lowest BCUT2D eigenvalue weighted by Crippen LogP contribution is -2.47. The number of rotatable bonds is 6. The third-order valence-corrected chi connectivity index (χ3v) is 5.69. The number of halogens is 1. The van der Waals surface area contributed by atoms with Crippen LogP contribution in [0.5, 0.6) is 5.88 Å². The highest BCUT2D eigenvalue weighted by molar-refractivity contribution is 5.12. The SMILES string of the molecule is Fc1cccnc1OCC[C@@H]1CCOC12CCN(Cc1ccco1)CC2. The molecule has 2 saturated heterocycles. The molecular formula is C20H25FN2O3. The van der Waals surface area contributed by atoms with Crippen molar-refractivity contribution in [3.8, 4) is 5.88 Å². The van der Waals surface area contributed by atoms with Crippen molar-refractivity contribution in [3.63, 3.8) is 0 Å². The summed E-state index contributed by atoms with van der Waals surface area (Å²) in [6.07, 6.45) is 7.24. The van der Waals surface area contributed by atoms with E-state index in [0.717, 1.165) is 57.7 Å². The Morgan fingerprint density at radius 3 is 2.92 bits per heavy atom. The van der Waals surface area contributed by atoms with E-state index in [0.29, 0.717) is 12.5 Å². The highest BCUT2D eigenvalue weighted by Crippen LogP contribution is 2.42. The van der Waals surface area contributed by atoms with E-state index >= 15 is 0 Å². The van der Waals surface area contributed by atoms with Crippen LogP contribution < -0.4 is 4.74 Å². The van der Waals surface area contributed by atoms with Crippen LogP contribution in [0.15, 0.2) is 41.1 Å². The van der Waals surface area contributed by atoms with Crippen LogP contribution in [0, 0.1) is 11.7 Å². The maximum Gasteiger partial charge on any atom is 0.250 e. The van der Waals surface area contributed by atoms with Crippen molar-refractivity contribution in [1.82, 2.24) is 9.88 Å². The van der Waals surface area contributed by atoms with E-state index in [9.17, 15) is 4.39 Å². The summed E-state index contributed by atoms with van der Waals surface area (Å²) in [5.41, 5.74) is -0.0499. The second-order valence-corrected chi connectivity index (χ2v) is 7.18. The molecule has 0 aromatic carbocycles. The van der Waals surface area contributed by atoms with Gasteiger partial charge in [-0.2, -0.15) is 0 Å². The van der Waals surface area contributed by atoms with Crippen LogP contribution in [0.1, 0.15) is 31.4 Å². The molecule has 0 amide bonds. The third kappa shape index (κ3) is 3.76. The molecule has 1 atom stereocenters. The number of furan rings is 1. The third-order valence-electron chi connectivity index (χ3n) is 5.69. The Labute approximate surface area is 153 Å². The summed E-state index contributed by atoms with van der Waals surface area (Å²) in [5, 5.41) is 0. The molecule has 6 heteroatoms. The molecule has 140 valence electrons. The summed E-state index contributed by atoms with van der Waals surface area (Å²) in [6, 6.07) is 6.89. The van der Waals surface area contributed by atoms with Gasteiger partial charge in [-0.15, -0.1) is 0 Å². The van der Waals surface area contributed by atoms with Gasteiger partial charge in [-0.05, 0) is 55.9 Å². The van der Waals surface area contributed by atoms with E-state index in [1.807, 2.05) is 12.1 Å². The average Bonchev–Trinajstić information content (AvgIpc) is 3.29. The first-order valence-corrected chi connectivity index (χ1v) is 9.37. The molecule has 2 aromatic rings. The average molecular weight is 360 g/mol. The van der Waals surface area contributed by atoms with E-state index in [2.05, 4.69) is 9.88 Å². The number of piperidine rings is 1. The van der Waals surface area contributed by atoms with Crippen LogP contribution in [-0.2, 0) is 11.3 Å². The van der Waals surface area contributed by atoms with Gasteiger partial charge in [-0.3, -0.25) is 4.90 Å². The largest absolute Gasteiger partial charge is 0.476 e. The lowest BCUT2D eigenvalue weighted by atomic mass is 9.78. The molecule has 1 spiro atoms. The molecule has 2 aliphatic heterocycles. The van der Waals surface area contributed by atoms with Crippen molar-refractivity contribution >= 4 is 0 Å². The number of likely N-dealkylation sites (tertiary alicyclic amines) is 1. The maximum atomic E-state index is 13.6. The Kier molecular flexibility index (Phi) is 5.22. The Morgan fingerprint density at radius 2 is 2.15 bits per heavy atom. The minimum Gasteiger partial charge on any atom is -0.476 e. The zero-order chi connectivity index (χ0) is 17.8. The number of hydrogen-bond donors (Lipinski definition) is 0. The Hall–Kier alpha value is -1.92. The quantitative estimate of drug-likeness (QED) is 0.787. The molecule has 2 aromatic heterocycles. The van der Waals surface area contributed by atoms with Crippen molar-refractivity contribution in [2.45, 2.75) is 37.8 Å². The molecule has 0 unspecified atom stereocenters. The zero-order valence-corrected chi connectivity index (χ0v) is 14.9. The van der Waals surface area contributed by atoms with Gasteiger partial charge in [0.05, 0.1) is 25.0 Å². The molecule has 26 heavy (non-hydrogen) atoms. The summed E-state index contributed by atoms with van der Waals surface area (Å²) in [4.78, 5) is 6.37. The molecule has 0 N–H and O–H groups in total. The molecule has 4 rings (SSSR count). The molecule has 0 saturated carbocycles. The second kappa shape index (κ2) is 7.76. The van der Waals surface area contributed by atoms with E-state index in [-0.39, 0.29) is 11.5 Å². The van der Waals surface area contributed by atoms with Gasteiger partial charge in [0, 0.05) is 25.9 Å². The first-order chi connectivity index (χ1) is 12.8. The number of aromatic nitrogens is 1. The van der Waals surface area contributed by atoms with Crippen LogP contribution >= 0.6 is 0 Å². The molecule has 0 bridgehead atoms. The highest BCUT2D eigenvalue weighted by Gasteiger charge is 2.45. The minimum atomic E-state index is -0.406. The Morgan fingerprint density at radius 1 is 1.27 bits per heavy atom. The van der Waals surface area contributed by atoms with Gasteiger partial charge in [0.25, 0.3) is 0 Å². The van der Waals surface area contributed by atoms with Crippen molar-refractivity contribution in [1.29, 1.82) is 0 Å². The lowest BCUT2D eigenvalue weighted by molar-refractivity contribution is -0.0716. The van der Waals surface area contributed by atoms with Crippen LogP contribution in [0.2, 0.25) is 0 Å². The standard InChI is InChI=1S/C20H25FN2O3/c21-18-4-1-9-22-19(18)25-13-5-16-6-14-26-20(16)7-10-23(11-8-20)15-17-3-2-12-24-17/h1-4,9,12,16H,5-8,10-11,13-15H2/t16-/m1/s1. The predicted octanol–water partition coefficient (Wildman–Crippen LogP) is 3.65. The monoisotopic (exact) mass is 360 g/mol. The van der Waals surface area contributed by atoms with Crippen LogP contribution in [0.25, 0.3) is 0 Å². The van der Waals surface area contributed by atoms with E-state index in [1.54, 1.807) is 18.5 Å². The summed E-state index contributed by atoms with van der Waals surface area (Å²) >= 11 is 0. The number of nitrogens with zero attached hydrogens (tertiary/aromatic N) is 2. The summed E-state index contributed by atoms with van der Waals surface area (Å²) in [6.45, 7) is 4.15. The van der Waals surface area contributed by atoms with Crippen LogP contribution in [-0.4, -0.2) is 41.8 Å². The lowest BCUT2D eigenvalue weighted by Gasteiger charge is -2.42. The molecular weight excluding hydrogens is 335 g/mol. The van der Waals surface area contributed by atoms with Crippen LogP contribution in [0.3, 0.4) is 0 Å².